The summed E-state index contributed by atoms with van der Waals surface area (Å²) in [5.41, 5.74) is 0.404. The molecule has 0 unspecified atom stereocenters. The molecule has 1 heterocycles. The fourth-order valence-electron chi connectivity index (χ4n) is 1.81. The van der Waals surface area contributed by atoms with E-state index in [4.69, 9.17) is 0 Å². The number of nitrogens with zero attached hydrogens (tertiary/aromatic N) is 1. The van der Waals surface area contributed by atoms with Gasteiger partial charge in [0.25, 0.3) is 0 Å². The summed E-state index contributed by atoms with van der Waals surface area (Å²) in [4.78, 5) is 24.4. The first kappa shape index (κ1) is 11.6. The maximum atomic E-state index is 12.9. The van der Waals surface area contributed by atoms with E-state index in [1.165, 1.54) is 23.1 Å². The van der Waals surface area contributed by atoms with Gasteiger partial charge in [0.15, 0.2) is 0 Å². The maximum absolute atomic E-state index is 12.9. The number of rotatable bonds is 3. The van der Waals surface area contributed by atoms with E-state index in [-0.39, 0.29) is 18.4 Å². The summed E-state index contributed by atoms with van der Waals surface area (Å²) in [5, 5.41) is 2.56. The lowest BCUT2D eigenvalue weighted by atomic mass is 10.3. The van der Waals surface area contributed by atoms with Crippen LogP contribution in [-0.4, -0.2) is 29.8 Å². The summed E-state index contributed by atoms with van der Waals surface area (Å²) in [5.74, 6) is -0.703. The van der Waals surface area contributed by atoms with Crippen molar-refractivity contribution in [3.8, 4) is 0 Å². The molecule has 0 atom stereocenters. The van der Waals surface area contributed by atoms with E-state index in [0.717, 1.165) is 6.42 Å². The monoisotopic (exact) mass is 236 g/mol. The fourth-order valence-corrected chi connectivity index (χ4v) is 1.81. The molecule has 1 fully saturated rings. The maximum Gasteiger partial charge on any atom is 0.243 e. The summed E-state index contributed by atoms with van der Waals surface area (Å²) in [6.45, 7) is 0.657. The SMILES string of the molecule is O=C(CN1CCCC1=O)Nc1cccc(F)c1. The molecule has 90 valence electrons. The minimum absolute atomic E-state index is 0.000563. The van der Waals surface area contributed by atoms with Crippen molar-refractivity contribution >= 4 is 17.5 Å². The van der Waals surface area contributed by atoms with Crippen molar-refractivity contribution < 1.29 is 14.0 Å². The molecule has 0 bridgehead atoms. The predicted molar refractivity (Wildman–Crippen MR) is 60.8 cm³/mol. The second-order valence-corrected chi connectivity index (χ2v) is 3.98. The highest BCUT2D eigenvalue weighted by atomic mass is 19.1. The van der Waals surface area contributed by atoms with E-state index < -0.39 is 5.82 Å². The van der Waals surface area contributed by atoms with E-state index >= 15 is 0 Å². The highest BCUT2D eigenvalue weighted by Gasteiger charge is 2.22. The molecular weight excluding hydrogens is 223 g/mol. The van der Waals surface area contributed by atoms with E-state index in [9.17, 15) is 14.0 Å². The lowest BCUT2D eigenvalue weighted by molar-refractivity contribution is -0.131. The van der Waals surface area contributed by atoms with E-state index in [1.54, 1.807) is 6.07 Å². The molecule has 1 aliphatic heterocycles. The third-order valence-corrected chi connectivity index (χ3v) is 2.61. The van der Waals surface area contributed by atoms with Crippen LogP contribution in [-0.2, 0) is 9.59 Å². The molecule has 0 aromatic heterocycles. The Morgan fingerprint density at radius 1 is 1.47 bits per heavy atom. The molecule has 1 aromatic carbocycles. The number of amides is 2. The zero-order valence-electron chi connectivity index (χ0n) is 9.28. The van der Waals surface area contributed by atoms with E-state index in [0.29, 0.717) is 18.7 Å². The first-order valence-electron chi connectivity index (χ1n) is 5.48. The van der Waals surface area contributed by atoms with Gasteiger partial charge in [-0.05, 0) is 24.6 Å². The molecule has 2 rings (SSSR count). The molecular formula is C12H13FN2O2. The van der Waals surface area contributed by atoms with Gasteiger partial charge in [-0.25, -0.2) is 4.39 Å². The van der Waals surface area contributed by atoms with Crippen molar-refractivity contribution in [2.24, 2.45) is 0 Å². The summed E-state index contributed by atoms with van der Waals surface area (Å²) < 4.78 is 12.9. The second kappa shape index (κ2) is 4.95. The molecule has 1 N–H and O–H groups in total. The summed E-state index contributed by atoms with van der Waals surface area (Å²) in [7, 11) is 0. The molecule has 17 heavy (non-hydrogen) atoms. The summed E-state index contributed by atoms with van der Waals surface area (Å²) in [6, 6.07) is 5.67. The van der Waals surface area contributed by atoms with Crippen LogP contribution in [0.5, 0.6) is 0 Å². The van der Waals surface area contributed by atoms with Crippen molar-refractivity contribution in [3.63, 3.8) is 0 Å². The van der Waals surface area contributed by atoms with Gasteiger partial charge >= 0.3 is 0 Å². The van der Waals surface area contributed by atoms with Gasteiger partial charge < -0.3 is 10.2 Å². The Hall–Kier alpha value is -1.91. The van der Waals surface area contributed by atoms with Gasteiger partial charge in [0.1, 0.15) is 5.82 Å². The van der Waals surface area contributed by atoms with Gasteiger partial charge in [0, 0.05) is 18.7 Å². The number of anilines is 1. The highest BCUT2D eigenvalue weighted by molar-refractivity contribution is 5.94. The second-order valence-electron chi connectivity index (χ2n) is 3.98. The number of halogens is 1. The van der Waals surface area contributed by atoms with Crippen molar-refractivity contribution in [1.29, 1.82) is 0 Å². The lowest BCUT2D eigenvalue weighted by Crippen LogP contribution is -2.33. The average molecular weight is 236 g/mol. The number of hydrogen-bond acceptors (Lipinski definition) is 2. The average Bonchev–Trinajstić information content (AvgIpc) is 2.64. The third kappa shape index (κ3) is 3.03. The van der Waals surface area contributed by atoms with Crippen LogP contribution in [0.15, 0.2) is 24.3 Å². The van der Waals surface area contributed by atoms with Gasteiger partial charge in [0.05, 0.1) is 6.54 Å². The Morgan fingerprint density at radius 3 is 2.94 bits per heavy atom. The van der Waals surface area contributed by atoms with Crippen molar-refractivity contribution in [2.45, 2.75) is 12.8 Å². The Kier molecular flexibility index (Phi) is 3.37. The zero-order chi connectivity index (χ0) is 12.3. The molecule has 0 saturated carbocycles. The number of hydrogen-bond donors (Lipinski definition) is 1. The van der Waals surface area contributed by atoms with Crippen molar-refractivity contribution in [1.82, 2.24) is 4.90 Å². The minimum Gasteiger partial charge on any atom is -0.333 e. The molecule has 1 saturated heterocycles. The molecule has 0 spiro atoms. The molecule has 0 radical (unpaired) electrons. The van der Waals surface area contributed by atoms with Gasteiger partial charge in [-0.2, -0.15) is 0 Å². The van der Waals surface area contributed by atoms with Crippen LogP contribution in [0.1, 0.15) is 12.8 Å². The summed E-state index contributed by atoms with van der Waals surface area (Å²) in [6.07, 6.45) is 1.30. The number of likely N-dealkylation sites (tertiary alicyclic amines) is 1. The Morgan fingerprint density at radius 2 is 2.29 bits per heavy atom. The predicted octanol–water partition coefficient (Wildman–Crippen LogP) is 1.39. The molecule has 1 aliphatic rings. The van der Waals surface area contributed by atoms with Crippen LogP contribution in [0, 0.1) is 5.82 Å². The Balaban J connectivity index is 1.91. The number of carbonyl (C=O) groups is 2. The van der Waals surface area contributed by atoms with Crippen LogP contribution < -0.4 is 5.32 Å². The summed E-state index contributed by atoms with van der Waals surface area (Å²) >= 11 is 0. The van der Waals surface area contributed by atoms with Gasteiger partial charge in [-0.15, -0.1) is 0 Å². The van der Waals surface area contributed by atoms with Crippen molar-refractivity contribution in [2.75, 3.05) is 18.4 Å². The van der Waals surface area contributed by atoms with E-state index in [2.05, 4.69) is 5.32 Å². The molecule has 0 aliphatic carbocycles. The number of benzene rings is 1. The van der Waals surface area contributed by atoms with Crippen LogP contribution in [0.4, 0.5) is 10.1 Å². The Labute approximate surface area is 98.4 Å². The van der Waals surface area contributed by atoms with Gasteiger partial charge in [-0.1, -0.05) is 6.07 Å². The first-order valence-corrected chi connectivity index (χ1v) is 5.48. The minimum atomic E-state index is -0.403. The zero-order valence-corrected chi connectivity index (χ0v) is 9.28. The molecule has 1 aromatic rings. The van der Waals surface area contributed by atoms with Crippen LogP contribution >= 0.6 is 0 Å². The smallest absolute Gasteiger partial charge is 0.243 e. The van der Waals surface area contributed by atoms with Gasteiger partial charge in [-0.3, -0.25) is 9.59 Å². The Bertz CT molecular complexity index is 448. The van der Waals surface area contributed by atoms with Crippen LogP contribution in [0.3, 0.4) is 0 Å². The first-order chi connectivity index (χ1) is 8.15. The third-order valence-electron chi connectivity index (χ3n) is 2.61. The van der Waals surface area contributed by atoms with Crippen LogP contribution in [0.2, 0.25) is 0 Å². The highest BCUT2D eigenvalue weighted by Crippen LogP contribution is 2.11. The quantitative estimate of drug-likeness (QED) is 0.862. The standard InChI is InChI=1S/C12H13FN2O2/c13-9-3-1-4-10(7-9)14-11(16)8-15-6-2-5-12(15)17/h1,3-4,7H,2,5-6,8H2,(H,14,16). The molecule has 5 heteroatoms. The normalized spacial score (nSPS) is 15.1. The number of nitrogens with one attached hydrogen (secondary N) is 1. The van der Waals surface area contributed by atoms with Crippen molar-refractivity contribution in [3.05, 3.63) is 30.1 Å². The van der Waals surface area contributed by atoms with Crippen LogP contribution in [0.25, 0.3) is 0 Å². The topological polar surface area (TPSA) is 49.4 Å². The molecule has 4 nitrogen and oxygen atoms in total. The molecule has 2 amide bonds. The number of carbonyl (C=O) groups excluding carboxylic acids is 2. The fraction of sp³-hybridized carbons (Fsp3) is 0.333. The largest absolute Gasteiger partial charge is 0.333 e. The lowest BCUT2D eigenvalue weighted by Gasteiger charge is -2.14. The van der Waals surface area contributed by atoms with Gasteiger partial charge in [0.2, 0.25) is 11.8 Å². The van der Waals surface area contributed by atoms with E-state index in [1.807, 2.05) is 0 Å².